The SMILES string of the molecule is COc1ccc2c(c1)N(CCCS(=O)(=O)O)/C(=C\C(C)=S)S2. The molecule has 0 atom stereocenters. The molecule has 1 aromatic rings. The maximum Gasteiger partial charge on any atom is 0.264 e. The van der Waals surface area contributed by atoms with Crippen molar-refractivity contribution in [3.05, 3.63) is 29.3 Å². The van der Waals surface area contributed by atoms with Gasteiger partial charge in [0, 0.05) is 22.4 Å². The number of thiocarbonyl (C=S) groups is 1. The summed E-state index contributed by atoms with van der Waals surface area (Å²) in [6.45, 7) is 2.31. The summed E-state index contributed by atoms with van der Waals surface area (Å²) in [7, 11) is -2.35. The third-order valence-corrected chi connectivity index (χ3v) is 5.08. The van der Waals surface area contributed by atoms with Crippen LogP contribution in [0.25, 0.3) is 0 Å². The smallest absolute Gasteiger partial charge is 0.264 e. The number of hydrogen-bond acceptors (Lipinski definition) is 6. The van der Waals surface area contributed by atoms with Gasteiger partial charge in [0.1, 0.15) is 5.75 Å². The molecule has 1 N–H and O–H groups in total. The number of benzene rings is 1. The van der Waals surface area contributed by atoms with E-state index in [1.807, 2.05) is 36.1 Å². The lowest BCUT2D eigenvalue weighted by Crippen LogP contribution is -2.22. The summed E-state index contributed by atoms with van der Waals surface area (Å²) >= 11 is 6.72. The first-order chi connectivity index (χ1) is 10.3. The summed E-state index contributed by atoms with van der Waals surface area (Å²) in [5.74, 6) is 0.469. The number of thioether (sulfide) groups is 1. The second-order valence-corrected chi connectivity index (χ2v) is 8.10. The molecule has 5 nitrogen and oxygen atoms in total. The molecule has 1 aliphatic heterocycles. The Hall–Kier alpha value is -1.09. The van der Waals surface area contributed by atoms with Crippen LogP contribution >= 0.6 is 24.0 Å². The van der Waals surface area contributed by atoms with E-state index >= 15 is 0 Å². The third kappa shape index (κ3) is 4.45. The van der Waals surface area contributed by atoms with Crippen molar-refractivity contribution < 1.29 is 17.7 Å². The van der Waals surface area contributed by atoms with Crippen molar-refractivity contribution >= 4 is 44.6 Å². The summed E-state index contributed by atoms with van der Waals surface area (Å²) in [6.07, 6.45) is 2.21. The van der Waals surface area contributed by atoms with Gasteiger partial charge in [0.05, 0.1) is 23.6 Å². The average molecular weight is 359 g/mol. The predicted octanol–water partition coefficient (Wildman–Crippen LogP) is 3.12. The maximum atomic E-state index is 10.9. The molecule has 0 aromatic heterocycles. The Kier molecular flexibility index (Phi) is 5.49. The fraction of sp³-hybridized carbons (Fsp3) is 0.357. The number of anilines is 1. The normalized spacial score (nSPS) is 16.0. The molecular weight excluding hydrogens is 342 g/mol. The van der Waals surface area contributed by atoms with Crippen molar-refractivity contribution in [2.45, 2.75) is 18.2 Å². The summed E-state index contributed by atoms with van der Waals surface area (Å²) in [4.78, 5) is 3.82. The van der Waals surface area contributed by atoms with Crippen LogP contribution in [0.3, 0.4) is 0 Å². The number of ether oxygens (including phenoxy) is 1. The zero-order chi connectivity index (χ0) is 16.3. The summed E-state index contributed by atoms with van der Waals surface area (Å²) in [5, 5.41) is 0.950. The van der Waals surface area contributed by atoms with Gasteiger partial charge >= 0.3 is 0 Å². The van der Waals surface area contributed by atoms with Gasteiger partial charge < -0.3 is 9.64 Å². The molecule has 0 saturated carbocycles. The number of nitrogens with zero attached hydrogens (tertiary/aromatic N) is 1. The van der Waals surface area contributed by atoms with E-state index < -0.39 is 10.1 Å². The molecule has 0 saturated heterocycles. The quantitative estimate of drug-likeness (QED) is 0.475. The number of fused-ring (bicyclic) bond motifs is 1. The van der Waals surface area contributed by atoms with Crippen LogP contribution in [0.2, 0.25) is 0 Å². The second kappa shape index (κ2) is 6.99. The van der Waals surface area contributed by atoms with Gasteiger partial charge in [0.15, 0.2) is 0 Å². The molecule has 0 bridgehead atoms. The molecule has 22 heavy (non-hydrogen) atoms. The largest absolute Gasteiger partial charge is 0.497 e. The summed E-state index contributed by atoms with van der Waals surface area (Å²) in [5.41, 5.74) is 0.960. The molecule has 2 rings (SSSR count). The molecule has 1 aliphatic rings. The Morgan fingerprint density at radius 3 is 2.82 bits per heavy atom. The van der Waals surface area contributed by atoms with Crippen LogP contribution in [-0.4, -0.2) is 37.2 Å². The minimum atomic E-state index is -3.95. The number of allylic oxidation sites excluding steroid dienone is 1. The van der Waals surface area contributed by atoms with E-state index in [0.29, 0.717) is 13.0 Å². The number of rotatable bonds is 6. The van der Waals surface area contributed by atoms with Crippen LogP contribution in [0.5, 0.6) is 5.75 Å². The van der Waals surface area contributed by atoms with E-state index in [-0.39, 0.29) is 5.75 Å². The van der Waals surface area contributed by atoms with Gasteiger partial charge in [-0.05, 0) is 31.6 Å². The Bertz CT molecular complexity index is 713. The minimum Gasteiger partial charge on any atom is -0.497 e. The summed E-state index contributed by atoms with van der Waals surface area (Å²) in [6, 6.07) is 5.76. The first-order valence-electron chi connectivity index (χ1n) is 6.61. The van der Waals surface area contributed by atoms with Crippen LogP contribution < -0.4 is 9.64 Å². The van der Waals surface area contributed by atoms with E-state index in [1.54, 1.807) is 18.9 Å². The highest BCUT2D eigenvalue weighted by Gasteiger charge is 2.25. The van der Waals surface area contributed by atoms with Crippen LogP contribution in [0.4, 0.5) is 5.69 Å². The van der Waals surface area contributed by atoms with Gasteiger partial charge in [-0.3, -0.25) is 4.55 Å². The Morgan fingerprint density at radius 1 is 1.50 bits per heavy atom. The second-order valence-electron chi connectivity index (χ2n) is 4.82. The molecule has 1 heterocycles. The lowest BCUT2D eigenvalue weighted by molar-refractivity contribution is 0.414. The number of methoxy groups -OCH3 is 1. The Balaban J connectivity index is 2.27. The average Bonchev–Trinajstić information content (AvgIpc) is 2.73. The van der Waals surface area contributed by atoms with Gasteiger partial charge in [-0.25, -0.2) is 0 Å². The minimum absolute atomic E-state index is 0.267. The molecule has 0 aliphatic carbocycles. The highest BCUT2D eigenvalue weighted by Crippen LogP contribution is 2.47. The fourth-order valence-electron chi connectivity index (χ4n) is 2.12. The van der Waals surface area contributed by atoms with E-state index in [9.17, 15) is 8.42 Å². The van der Waals surface area contributed by atoms with Gasteiger partial charge in [-0.1, -0.05) is 24.0 Å². The van der Waals surface area contributed by atoms with Crippen molar-refractivity contribution in [2.24, 2.45) is 0 Å². The van der Waals surface area contributed by atoms with Crippen molar-refractivity contribution in [3.63, 3.8) is 0 Å². The fourth-order valence-corrected chi connectivity index (χ4v) is 3.98. The van der Waals surface area contributed by atoms with E-state index in [4.69, 9.17) is 21.5 Å². The van der Waals surface area contributed by atoms with Gasteiger partial charge in [0.25, 0.3) is 10.1 Å². The monoisotopic (exact) mass is 359 g/mol. The van der Waals surface area contributed by atoms with Gasteiger partial charge in [0.2, 0.25) is 0 Å². The first-order valence-corrected chi connectivity index (χ1v) is 9.44. The third-order valence-electron chi connectivity index (χ3n) is 3.05. The van der Waals surface area contributed by atoms with E-state index in [2.05, 4.69) is 0 Å². The lowest BCUT2D eigenvalue weighted by atomic mass is 10.2. The molecule has 0 unspecified atom stereocenters. The van der Waals surface area contributed by atoms with Crippen LogP contribution in [0.1, 0.15) is 13.3 Å². The summed E-state index contributed by atoms with van der Waals surface area (Å²) < 4.78 is 35.9. The molecule has 120 valence electrons. The zero-order valence-corrected chi connectivity index (χ0v) is 14.7. The lowest BCUT2D eigenvalue weighted by Gasteiger charge is -2.20. The Labute approximate surface area is 140 Å². The zero-order valence-electron chi connectivity index (χ0n) is 12.3. The number of hydrogen-bond donors (Lipinski definition) is 1. The molecule has 0 radical (unpaired) electrons. The molecule has 1 aromatic carbocycles. The predicted molar refractivity (Wildman–Crippen MR) is 93.6 cm³/mol. The Morgan fingerprint density at radius 2 is 2.23 bits per heavy atom. The molecule has 0 amide bonds. The molecular formula is C14H17NO4S3. The van der Waals surface area contributed by atoms with Crippen LogP contribution in [-0.2, 0) is 10.1 Å². The first kappa shape index (κ1) is 17.3. The van der Waals surface area contributed by atoms with Crippen molar-refractivity contribution in [3.8, 4) is 5.75 Å². The molecule has 0 fully saturated rings. The molecule has 8 heteroatoms. The topological polar surface area (TPSA) is 66.8 Å². The highest BCUT2D eigenvalue weighted by molar-refractivity contribution is 8.03. The van der Waals surface area contributed by atoms with Crippen molar-refractivity contribution in [2.75, 3.05) is 24.3 Å². The van der Waals surface area contributed by atoms with Crippen molar-refractivity contribution in [1.29, 1.82) is 0 Å². The van der Waals surface area contributed by atoms with Crippen LogP contribution in [0, 0.1) is 0 Å². The van der Waals surface area contributed by atoms with Gasteiger partial charge in [-0.15, -0.1) is 0 Å². The van der Waals surface area contributed by atoms with E-state index in [0.717, 1.165) is 26.2 Å². The van der Waals surface area contributed by atoms with Gasteiger partial charge in [-0.2, -0.15) is 8.42 Å². The van der Waals surface area contributed by atoms with Crippen LogP contribution in [0.15, 0.2) is 34.2 Å². The van der Waals surface area contributed by atoms with Crippen molar-refractivity contribution in [1.82, 2.24) is 0 Å². The standard InChI is InChI=1S/C14H17NO4S3/c1-10(20)8-14-15(6-3-7-22(16,17)18)12-9-11(19-2)4-5-13(12)21-14/h4-5,8-9H,3,6-7H2,1-2H3,(H,16,17,18)/b14-8+. The maximum absolute atomic E-state index is 10.9. The molecule has 0 spiro atoms. The van der Waals surface area contributed by atoms with E-state index in [1.165, 1.54) is 0 Å². The highest BCUT2D eigenvalue weighted by atomic mass is 32.2.